The monoisotopic (exact) mass is 223 g/mol. The normalized spacial score (nSPS) is 21.1. The highest BCUT2D eigenvalue weighted by Crippen LogP contribution is 2.30. The fourth-order valence-electron chi connectivity index (χ4n) is 2.79. The molecule has 0 saturated carbocycles. The van der Waals surface area contributed by atoms with Crippen molar-refractivity contribution in [3.63, 3.8) is 0 Å². The Morgan fingerprint density at radius 2 is 1.94 bits per heavy atom. The van der Waals surface area contributed by atoms with Gasteiger partial charge in [0.15, 0.2) is 0 Å². The molecule has 1 unspecified atom stereocenters. The average Bonchev–Trinajstić information content (AvgIpc) is 2.17. The Bertz CT molecular complexity index is 245. The predicted molar refractivity (Wildman–Crippen MR) is 72.6 cm³/mol. The minimum atomic E-state index is 0.321. The number of hydrogen-bond acceptors (Lipinski definition) is 1. The number of hydrogen-bond donors (Lipinski definition) is 0. The van der Waals surface area contributed by atoms with Crippen LogP contribution in [0.1, 0.15) is 54.4 Å². The van der Waals surface area contributed by atoms with Gasteiger partial charge in [0.1, 0.15) is 0 Å². The molecule has 0 amide bonds. The molecule has 16 heavy (non-hydrogen) atoms. The molecule has 0 radical (unpaired) electrons. The van der Waals surface area contributed by atoms with Gasteiger partial charge in [0.2, 0.25) is 0 Å². The van der Waals surface area contributed by atoms with Crippen LogP contribution in [0.5, 0.6) is 0 Å². The quantitative estimate of drug-likeness (QED) is 0.651. The van der Waals surface area contributed by atoms with Crippen molar-refractivity contribution in [1.29, 1.82) is 0 Å². The van der Waals surface area contributed by atoms with E-state index in [1.165, 1.54) is 19.4 Å². The molecule has 1 atom stereocenters. The van der Waals surface area contributed by atoms with Crippen LogP contribution < -0.4 is 0 Å². The zero-order valence-electron chi connectivity index (χ0n) is 12.0. The van der Waals surface area contributed by atoms with E-state index in [2.05, 4.69) is 52.5 Å². The molecule has 0 aromatic carbocycles. The van der Waals surface area contributed by atoms with E-state index < -0.39 is 0 Å². The first-order chi connectivity index (χ1) is 7.36. The molecule has 1 aliphatic rings. The van der Waals surface area contributed by atoms with Gasteiger partial charge in [-0.3, -0.25) is 4.90 Å². The average molecular weight is 223 g/mol. The highest BCUT2D eigenvalue weighted by atomic mass is 15.2. The fraction of sp³-hybridized carbons (Fsp3) is 0.867. The predicted octanol–water partition coefficient (Wildman–Crippen LogP) is 4.10. The second kappa shape index (κ2) is 5.35. The van der Waals surface area contributed by atoms with Gasteiger partial charge in [-0.1, -0.05) is 32.4 Å². The van der Waals surface area contributed by atoms with Crippen molar-refractivity contribution in [1.82, 2.24) is 4.90 Å². The van der Waals surface area contributed by atoms with E-state index in [9.17, 15) is 0 Å². The van der Waals surface area contributed by atoms with Crippen LogP contribution in [0.3, 0.4) is 0 Å². The summed E-state index contributed by atoms with van der Waals surface area (Å²) < 4.78 is 0. The molecule has 0 aromatic rings. The van der Waals surface area contributed by atoms with Crippen LogP contribution in [0.2, 0.25) is 0 Å². The first-order valence-corrected chi connectivity index (χ1v) is 6.80. The Balaban J connectivity index is 2.65. The summed E-state index contributed by atoms with van der Waals surface area (Å²) in [6, 6.07) is 0. The van der Waals surface area contributed by atoms with Crippen molar-refractivity contribution in [2.45, 2.75) is 59.9 Å². The lowest BCUT2D eigenvalue weighted by Gasteiger charge is -2.39. The molecule has 0 spiro atoms. The van der Waals surface area contributed by atoms with Crippen LogP contribution in [-0.2, 0) is 0 Å². The maximum atomic E-state index is 2.57. The molecule has 0 N–H and O–H groups in total. The maximum Gasteiger partial charge on any atom is 0.0171 e. The Morgan fingerprint density at radius 1 is 1.31 bits per heavy atom. The summed E-state index contributed by atoms with van der Waals surface area (Å²) in [6.45, 7) is 16.3. The van der Waals surface area contributed by atoms with Crippen LogP contribution >= 0.6 is 0 Å². The lowest BCUT2D eigenvalue weighted by atomic mass is 9.82. The van der Waals surface area contributed by atoms with Crippen molar-refractivity contribution in [3.8, 4) is 0 Å². The third-order valence-corrected chi connectivity index (χ3v) is 3.91. The molecule has 1 aliphatic heterocycles. The molecule has 0 aliphatic carbocycles. The maximum absolute atomic E-state index is 2.57. The lowest BCUT2D eigenvalue weighted by molar-refractivity contribution is 0.145. The Hall–Kier alpha value is -0.300. The Labute approximate surface area is 102 Å². The van der Waals surface area contributed by atoms with E-state index in [1.807, 2.05) is 0 Å². The largest absolute Gasteiger partial charge is 0.295 e. The van der Waals surface area contributed by atoms with Crippen molar-refractivity contribution in [3.05, 3.63) is 11.6 Å². The zero-order valence-corrected chi connectivity index (χ0v) is 12.0. The molecule has 0 fully saturated rings. The van der Waals surface area contributed by atoms with Gasteiger partial charge >= 0.3 is 0 Å². The van der Waals surface area contributed by atoms with Crippen LogP contribution in [0.15, 0.2) is 11.6 Å². The topological polar surface area (TPSA) is 3.24 Å². The van der Waals surface area contributed by atoms with Gasteiger partial charge in [0.25, 0.3) is 0 Å². The van der Waals surface area contributed by atoms with Gasteiger partial charge in [-0.25, -0.2) is 0 Å². The molecular weight excluding hydrogens is 194 g/mol. The van der Waals surface area contributed by atoms with Crippen molar-refractivity contribution < 1.29 is 0 Å². The zero-order chi connectivity index (χ0) is 12.3. The first kappa shape index (κ1) is 13.8. The summed E-state index contributed by atoms with van der Waals surface area (Å²) in [5.74, 6) is 1.60. The van der Waals surface area contributed by atoms with Crippen LogP contribution in [0.4, 0.5) is 0 Å². The molecule has 0 aromatic heterocycles. The summed E-state index contributed by atoms with van der Waals surface area (Å²) >= 11 is 0. The van der Waals surface area contributed by atoms with Gasteiger partial charge in [-0.2, -0.15) is 0 Å². The number of nitrogens with zero attached hydrogens (tertiary/aromatic N) is 1. The van der Waals surface area contributed by atoms with Crippen LogP contribution in [0.25, 0.3) is 0 Å². The lowest BCUT2D eigenvalue weighted by Crippen LogP contribution is -2.44. The van der Waals surface area contributed by atoms with E-state index in [4.69, 9.17) is 0 Å². The summed E-state index contributed by atoms with van der Waals surface area (Å²) in [6.07, 6.45) is 5.05. The van der Waals surface area contributed by atoms with Gasteiger partial charge in [-0.05, 0) is 45.4 Å². The molecule has 1 heterocycles. The van der Waals surface area contributed by atoms with E-state index in [0.717, 1.165) is 18.4 Å². The van der Waals surface area contributed by atoms with Crippen LogP contribution in [-0.4, -0.2) is 23.5 Å². The minimum absolute atomic E-state index is 0.321. The van der Waals surface area contributed by atoms with Gasteiger partial charge in [0.05, 0.1) is 0 Å². The van der Waals surface area contributed by atoms with Crippen molar-refractivity contribution in [2.75, 3.05) is 13.1 Å². The van der Waals surface area contributed by atoms with Gasteiger partial charge in [-0.15, -0.1) is 0 Å². The summed E-state index contributed by atoms with van der Waals surface area (Å²) in [4.78, 5) is 2.57. The molecule has 94 valence electrons. The molecule has 0 bridgehead atoms. The van der Waals surface area contributed by atoms with E-state index >= 15 is 0 Å². The SMILES string of the molecule is CCC(C1=CCN(C(C)(C)C)CC1)C(C)C. The van der Waals surface area contributed by atoms with Crippen molar-refractivity contribution >= 4 is 0 Å². The molecular formula is C15H29N. The molecule has 0 saturated heterocycles. The van der Waals surface area contributed by atoms with E-state index in [0.29, 0.717) is 5.54 Å². The molecule has 1 nitrogen and oxygen atoms in total. The van der Waals surface area contributed by atoms with Gasteiger partial charge < -0.3 is 0 Å². The second-order valence-electron chi connectivity index (χ2n) is 6.40. The second-order valence-corrected chi connectivity index (χ2v) is 6.40. The third kappa shape index (κ3) is 3.35. The highest BCUT2D eigenvalue weighted by molar-refractivity contribution is 5.12. The molecule has 1 rings (SSSR count). The fourth-order valence-corrected chi connectivity index (χ4v) is 2.79. The minimum Gasteiger partial charge on any atom is -0.295 e. The van der Waals surface area contributed by atoms with E-state index in [-0.39, 0.29) is 0 Å². The van der Waals surface area contributed by atoms with Gasteiger partial charge in [0, 0.05) is 18.6 Å². The van der Waals surface area contributed by atoms with E-state index in [1.54, 1.807) is 5.57 Å². The summed E-state index contributed by atoms with van der Waals surface area (Å²) in [5, 5.41) is 0. The summed E-state index contributed by atoms with van der Waals surface area (Å²) in [5.41, 5.74) is 2.03. The number of rotatable bonds is 3. The summed E-state index contributed by atoms with van der Waals surface area (Å²) in [7, 11) is 0. The third-order valence-electron chi connectivity index (χ3n) is 3.91. The smallest absolute Gasteiger partial charge is 0.0171 e. The van der Waals surface area contributed by atoms with Crippen molar-refractivity contribution in [2.24, 2.45) is 11.8 Å². The standard InChI is InChI=1S/C15H29N/c1-7-14(12(2)3)13-8-10-16(11-9-13)15(4,5)6/h8,12,14H,7,9-11H2,1-6H3. The Morgan fingerprint density at radius 3 is 2.25 bits per heavy atom. The Kier molecular flexibility index (Phi) is 4.61. The first-order valence-electron chi connectivity index (χ1n) is 6.80. The molecule has 1 heteroatoms. The van der Waals surface area contributed by atoms with Crippen LogP contribution in [0, 0.1) is 11.8 Å². The highest BCUT2D eigenvalue weighted by Gasteiger charge is 2.25.